The number of nitrogens with one attached hydrogen (secondary N) is 2. The van der Waals surface area contributed by atoms with Crippen molar-refractivity contribution in [3.05, 3.63) is 46.8 Å². The second-order valence-electron chi connectivity index (χ2n) is 7.18. The topological polar surface area (TPSA) is 122 Å². The van der Waals surface area contributed by atoms with E-state index in [0.29, 0.717) is 43.9 Å². The standard InChI is InChI=1S/C20H26N6O4/c1-2-25-14-16(13-22-25)23-20(28)15-8-11-24(12-9-15)19(27)7-10-21-17-5-3-4-6-18(17)26(29)30/h3-6,13-15,21H,2,7-12H2,1H3,(H,23,28). The average molecular weight is 414 g/mol. The minimum atomic E-state index is -0.451. The first kappa shape index (κ1) is 21.3. The highest BCUT2D eigenvalue weighted by Crippen LogP contribution is 2.23. The molecule has 2 N–H and O–H groups in total. The first-order valence-corrected chi connectivity index (χ1v) is 10.1. The fourth-order valence-electron chi connectivity index (χ4n) is 3.48. The Labute approximate surface area is 174 Å². The lowest BCUT2D eigenvalue weighted by Gasteiger charge is -2.31. The first-order valence-electron chi connectivity index (χ1n) is 10.1. The van der Waals surface area contributed by atoms with Gasteiger partial charge in [-0.3, -0.25) is 24.4 Å². The second-order valence-corrected chi connectivity index (χ2v) is 7.18. The molecule has 30 heavy (non-hydrogen) atoms. The number of carbonyl (C=O) groups excluding carboxylic acids is 2. The van der Waals surface area contributed by atoms with E-state index in [9.17, 15) is 19.7 Å². The van der Waals surface area contributed by atoms with Crippen molar-refractivity contribution in [2.24, 2.45) is 5.92 Å². The number of rotatable bonds is 8. The van der Waals surface area contributed by atoms with Gasteiger partial charge in [-0.15, -0.1) is 0 Å². The number of para-hydroxylation sites is 2. The van der Waals surface area contributed by atoms with Crippen molar-refractivity contribution in [3.8, 4) is 0 Å². The summed E-state index contributed by atoms with van der Waals surface area (Å²) in [6, 6.07) is 6.36. The maximum atomic E-state index is 12.5. The van der Waals surface area contributed by atoms with E-state index in [2.05, 4.69) is 15.7 Å². The number of nitro groups is 1. The Kier molecular flexibility index (Phi) is 6.99. The van der Waals surface area contributed by atoms with Crippen molar-refractivity contribution in [2.45, 2.75) is 32.7 Å². The van der Waals surface area contributed by atoms with E-state index in [4.69, 9.17) is 0 Å². The summed E-state index contributed by atoms with van der Waals surface area (Å²) in [6.07, 6.45) is 4.87. The SMILES string of the molecule is CCn1cc(NC(=O)C2CCN(C(=O)CCNc3ccccc3[N+](=O)[O-])CC2)cn1. The Bertz CT molecular complexity index is 904. The number of anilines is 2. The quantitative estimate of drug-likeness (QED) is 0.505. The number of aromatic nitrogens is 2. The predicted octanol–water partition coefficient (Wildman–Crippen LogP) is 2.49. The zero-order chi connectivity index (χ0) is 21.5. The third-order valence-electron chi connectivity index (χ3n) is 5.20. The number of piperidine rings is 1. The first-order chi connectivity index (χ1) is 14.5. The Hall–Kier alpha value is -3.43. The zero-order valence-corrected chi connectivity index (χ0v) is 16.9. The van der Waals surface area contributed by atoms with Crippen LogP contribution in [0.25, 0.3) is 0 Å². The number of aryl methyl sites for hydroxylation is 1. The van der Waals surface area contributed by atoms with Crippen LogP contribution in [0.4, 0.5) is 17.1 Å². The van der Waals surface area contributed by atoms with E-state index < -0.39 is 4.92 Å². The molecule has 2 amide bonds. The molecule has 10 heteroatoms. The summed E-state index contributed by atoms with van der Waals surface area (Å²) in [4.78, 5) is 37.2. The molecular weight excluding hydrogens is 388 g/mol. The van der Waals surface area contributed by atoms with Crippen molar-refractivity contribution >= 4 is 28.9 Å². The summed E-state index contributed by atoms with van der Waals surface area (Å²) in [5.74, 6) is -0.205. The molecular formula is C20H26N6O4. The van der Waals surface area contributed by atoms with Gasteiger partial charge in [0.25, 0.3) is 5.69 Å². The van der Waals surface area contributed by atoms with Crippen molar-refractivity contribution in [2.75, 3.05) is 30.3 Å². The summed E-state index contributed by atoms with van der Waals surface area (Å²) in [6.45, 7) is 4.07. The summed E-state index contributed by atoms with van der Waals surface area (Å²) < 4.78 is 1.75. The van der Waals surface area contributed by atoms with Gasteiger partial charge in [0.15, 0.2) is 0 Å². The number of hydrogen-bond acceptors (Lipinski definition) is 6. The van der Waals surface area contributed by atoms with Gasteiger partial charge in [0.1, 0.15) is 5.69 Å². The predicted molar refractivity (Wildman–Crippen MR) is 112 cm³/mol. The van der Waals surface area contributed by atoms with Crippen molar-refractivity contribution < 1.29 is 14.5 Å². The minimum absolute atomic E-state index is 0.0127. The molecule has 1 fully saturated rings. The molecule has 1 aromatic carbocycles. The van der Waals surface area contributed by atoms with Gasteiger partial charge in [-0.05, 0) is 25.8 Å². The van der Waals surface area contributed by atoms with Crippen LogP contribution in [0.5, 0.6) is 0 Å². The van der Waals surface area contributed by atoms with Crippen LogP contribution < -0.4 is 10.6 Å². The number of hydrogen-bond donors (Lipinski definition) is 2. The average Bonchev–Trinajstić information content (AvgIpc) is 3.21. The molecule has 1 aliphatic rings. The van der Waals surface area contributed by atoms with Gasteiger partial charge in [0, 0.05) is 50.8 Å². The molecule has 2 heterocycles. The van der Waals surface area contributed by atoms with Crippen LogP contribution in [0.15, 0.2) is 36.7 Å². The highest BCUT2D eigenvalue weighted by molar-refractivity contribution is 5.92. The Morgan fingerprint density at radius 3 is 2.67 bits per heavy atom. The van der Waals surface area contributed by atoms with Crippen LogP contribution in [0.1, 0.15) is 26.2 Å². The van der Waals surface area contributed by atoms with E-state index >= 15 is 0 Å². The lowest BCUT2D eigenvalue weighted by molar-refractivity contribution is -0.384. The summed E-state index contributed by atoms with van der Waals surface area (Å²) in [5, 5.41) is 21.0. The Balaban J connectivity index is 1.42. The Morgan fingerprint density at radius 1 is 1.27 bits per heavy atom. The number of benzene rings is 1. The number of carbonyl (C=O) groups is 2. The van der Waals surface area contributed by atoms with Gasteiger partial charge >= 0.3 is 0 Å². The Morgan fingerprint density at radius 2 is 2.00 bits per heavy atom. The minimum Gasteiger partial charge on any atom is -0.379 e. The van der Waals surface area contributed by atoms with E-state index in [1.54, 1.807) is 40.2 Å². The third-order valence-corrected chi connectivity index (χ3v) is 5.20. The smallest absolute Gasteiger partial charge is 0.292 e. The van der Waals surface area contributed by atoms with Crippen LogP contribution in [-0.2, 0) is 16.1 Å². The van der Waals surface area contributed by atoms with Crippen LogP contribution in [0.3, 0.4) is 0 Å². The van der Waals surface area contributed by atoms with E-state index in [0.717, 1.165) is 6.54 Å². The van der Waals surface area contributed by atoms with Gasteiger partial charge < -0.3 is 15.5 Å². The molecule has 0 unspecified atom stereocenters. The molecule has 2 aromatic rings. The number of likely N-dealkylation sites (tertiary alicyclic amines) is 1. The zero-order valence-electron chi connectivity index (χ0n) is 16.9. The van der Waals surface area contributed by atoms with Gasteiger partial charge in [-0.1, -0.05) is 12.1 Å². The van der Waals surface area contributed by atoms with Crippen molar-refractivity contribution in [3.63, 3.8) is 0 Å². The maximum Gasteiger partial charge on any atom is 0.292 e. The van der Waals surface area contributed by atoms with Crippen LogP contribution in [0, 0.1) is 16.0 Å². The number of amides is 2. The highest BCUT2D eigenvalue weighted by Gasteiger charge is 2.27. The third kappa shape index (κ3) is 5.34. The normalized spacial score (nSPS) is 14.4. The van der Waals surface area contributed by atoms with Gasteiger partial charge in [0.2, 0.25) is 11.8 Å². The van der Waals surface area contributed by atoms with Crippen LogP contribution in [-0.4, -0.2) is 51.1 Å². The largest absolute Gasteiger partial charge is 0.379 e. The monoisotopic (exact) mass is 414 g/mol. The van der Waals surface area contributed by atoms with E-state index in [-0.39, 0.29) is 29.8 Å². The lowest BCUT2D eigenvalue weighted by Crippen LogP contribution is -2.41. The maximum absolute atomic E-state index is 12.5. The molecule has 0 radical (unpaired) electrons. The highest BCUT2D eigenvalue weighted by atomic mass is 16.6. The molecule has 0 aliphatic carbocycles. The number of nitro benzene ring substituents is 1. The molecule has 160 valence electrons. The molecule has 0 saturated carbocycles. The summed E-state index contributed by atoms with van der Waals surface area (Å²) in [7, 11) is 0. The fourth-order valence-corrected chi connectivity index (χ4v) is 3.48. The molecule has 0 atom stereocenters. The summed E-state index contributed by atoms with van der Waals surface area (Å²) >= 11 is 0. The molecule has 10 nitrogen and oxygen atoms in total. The molecule has 1 aliphatic heterocycles. The van der Waals surface area contributed by atoms with Gasteiger partial charge in [-0.25, -0.2) is 0 Å². The van der Waals surface area contributed by atoms with Gasteiger partial charge in [0.05, 0.1) is 16.8 Å². The lowest BCUT2D eigenvalue weighted by atomic mass is 9.95. The van der Waals surface area contributed by atoms with E-state index in [1.165, 1.54) is 6.07 Å². The van der Waals surface area contributed by atoms with Crippen molar-refractivity contribution in [1.29, 1.82) is 0 Å². The molecule has 0 spiro atoms. The van der Waals surface area contributed by atoms with Crippen molar-refractivity contribution in [1.82, 2.24) is 14.7 Å². The van der Waals surface area contributed by atoms with Crippen LogP contribution >= 0.6 is 0 Å². The molecule has 1 saturated heterocycles. The second kappa shape index (κ2) is 9.86. The van der Waals surface area contributed by atoms with Crippen LogP contribution in [0.2, 0.25) is 0 Å². The number of nitrogens with zero attached hydrogens (tertiary/aromatic N) is 4. The molecule has 1 aromatic heterocycles. The molecule has 0 bridgehead atoms. The van der Waals surface area contributed by atoms with E-state index in [1.807, 2.05) is 6.92 Å². The fraction of sp³-hybridized carbons (Fsp3) is 0.450. The van der Waals surface area contributed by atoms with Gasteiger partial charge in [-0.2, -0.15) is 5.10 Å². The summed E-state index contributed by atoms with van der Waals surface area (Å²) in [5.41, 5.74) is 1.07. The molecule has 3 rings (SSSR count).